The van der Waals surface area contributed by atoms with Gasteiger partial charge in [0.05, 0.1) is 23.4 Å². The summed E-state index contributed by atoms with van der Waals surface area (Å²) in [6, 6.07) is 18.8. The monoisotopic (exact) mass is 458 g/mol. The number of nitrogens with one attached hydrogen (secondary N) is 2. The maximum atomic E-state index is 12.5. The number of rotatable bonds is 5. The van der Waals surface area contributed by atoms with Crippen molar-refractivity contribution in [3.8, 4) is 5.75 Å². The normalized spacial score (nSPS) is 10.2. The zero-order valence-electron chi connectivity index (χ0n) is 14.8. The van der Waals surface area contributed by atoms with E-state index in [1.807, 2.05) is 0 Å². The molecule has 2 amide bonds. The summed E-state index contributed by atoms with van der Waals surface area (Å²) < 4.78 is 6.24. The molecule has 0 heterocycles. The van der Waals surface area contributed by atoms with Gasteiger partial charge >= 0.3 is 0 Å². The largest absolute Gasteiger partial charge is 0.494 e. The number of hydrogen-bond acceptors (Lipinski definition) is 3. The molecule has 7 heteroatoms. The summed E-state index contributed by atoms with van der Waals surface area (Å²) in [4.78, 5) is 24.8. The van der Waals surface area contributed by atoms with Crippen molar-refractivity contribution in [2.75, 3.05) is 17.7 Å². The van der Waals surface area contributed by atoms with E-state index in [0.717, 1.165) is 4.47 Å². The van der Waals surface area contributed by atoms with Crippen molar-refractivity contribution < 1.29 is 14.3 Å². The third-order valence-electron chi connectivity index (χ3n) is 3.93. The van der Waals surface area contributed by atoms with Crippen molar-refractivity contribution in [2.24, 2.45) is 0 Å². The quantitative estimate of drug-likeness (QED) is 0.521. The predicted molar refractivity (Wildman–Crippen MR) is 114 cm³/mol. The summed E-state index contributed by atoms with van der Waals surface area (Å²) in [5.74, 6) is -0.188. The first-order valence-electron chi connectivity index (χ1n) is 8.29. The Morgan fingerprint density at radius 2 is 1.64 bits per heavy atom. The number of hydrogen-bond donors (Lipinski definition) is 2. The van der Waals surface area contributed by atoms with E-state index in [0.29, 0.717) is 33.3 Å². The molecule has 3 aromatic carbocycles. The summed E-state index contributed by atoms with van der Waals surface area (Å²) >= 11 is 9.41. The van der Waals surface area contributed by atoms with Crippen LogP contribution in [0.3, 0.4) is 0 Å². The lowest BCUT2D eigenvalue weighted by Gasteiger charge is -2.13. The highest BCUT2D eigenvalue weighted by atomic mass is 79.9. The van der Waals surface area contributed by atoms with Crippen LogP contribution in [0, 0.1) is 0 Å². The van der Waals surface area contributed by atoms with Gasteiger partial charge in [0, 0.05) is 21.8 Å². The SMILES string of the molecule is COc1cc(NC(=O)c2ccc(Br)cc2)ccc1NC(=O)c1ccccc1Cl. The highest BCUT2D eigenvalue weighted by Crippen LogP contribution is 2.29. The van der Waals surface area contributed by atoms with Crippen molar-refractivity contribution in [3.63, 3.8) is 0 Å². The number of anilines is 2. The number of benzene rings is 3. The molecule has 28 heavy (non-hydrogen) atoms. The van der Waals surface area contributed by atoms with E-state index in [1.165, 1.54) is 7.11 Å². The van der Waals surface area contributed by atoms with Gasteiger partial charge in [0.2, 0.25) is 0 Å². The second kappa shape index (κ2) is 8.91. The Labute approximate surface area is 175 Å². The number of carbonyl (C=O) groups excluding carboxylic acids is 2. The van der Waals surface area contributed by atoms with Gasteiger partial charge in [-0.1, -0.05) is 39.7 Å². The Morgan fingerprint density at radius 1 is 0.929 bits per heavy atom. The zero-order chi connectivity index (χ0) is 20.1. The van der Waals surface area contributed by atoms with Crippen LogP contribution in [0.4, 0.5) is 11.4 Å². The van der Waals surface area contributed by atoms with Crippen molar-refractivity contribution in [1.82, 2.24) is 0 Å². The Morgan fingerprint density at radius 3 is 2.32 bits per heavy atom. The van der Waals surface area contributed by atoms with Gasteiger partial charge in [-0.3, -0.25) is 9.59 Å². The van der Waals surface area contributed by atoms with Crippen LogP contribution in [-0.2, 0) is 0 Å². The van der Waals surface area contributed by atoms with E-state index >= 15 is 0 Å². The molecule has 0 aliphatic rings. The van der Waals surface area contributed by atoms with Crippen LogP contribution < -0.4 is 15.4 Å². The third kappa shape index (κ3) is 4.71. The van der Waals surface area contributed by atoms with Crippen LogP contribution >= 0.6 is 27.5 Å². The van der Waals surface area contributed by atoms with Gasteiger partial charge in [0.25, 0.3) is 11.8 Å². The number of halogens is 2. The lowest BCUT2D eigenvalue weighted by atomic mass is 10.2. The van der Waals surface area contributed by atoms with Crippen LogP contribution in [0.25, 0.3) is 0 Å². The van der Waals surface area contributed by atoms with Crippen LogP contribution in [0.5, 0.6) is 5.75 Å². The van der Waals surface area contributed by atoms with Gasteiger partial charge in [-0.05, 0) is 48.5 Å². The van der Waals surface area contributed by atoms with E-state index in [-0.39, 0.29) is 11.8 Å². The molecule has 0 aliphatic heterocycles. The minimum Gasteiger partial charge on any atom is -0.494 e. The predicted octanol–water partition coefficient (Wildman–Crippen LogP) is 5.62. The molecule has 0 spiro atoms. The summed E-state index contributed by atoms with van der Waals surface area (Å²) in [7, 11) is 1.49. The van der Waals surface area contributed by atoms with Gasteiger partial charge in [0.15, 0.2) is 0 Å². The summed E-state index contributed by atoms with van der Waals surface area (Å²) in [5, 5.41) is 5.94. The highest BCUT2D eigenvalue weighted by molar-refractivity contribution is 9.10. The number of amides is 2. The van der Waals surface area contributed by atoms with E-state index in [2.05, 4.69) is 26.6 Å². The Kier molecular flexibility index (Phi) is 6.34. The van der Waals surface area contributed by atoms with Gasteiger partial charge in [-0.2, -0.15) is 0 Å². The Hall–Kier alpha value is -2.83. The van der Waals surface area contributed by atoms with Crippen LogP contribution in [0.15, 0.2) is 71.2 Å². The number of methoxy groups -OCH3 is 1. The second-order valence-corrected chi connectivity index (χ2v) is 7.13. The molecule has 142 valence electrons. The molecule has 0 aliphatic carbocycles. The van der Waals surface area contributed by atoms with E-state index < -0.39 is 0 Å². The molecule has 0 aromatic heterocycles. The van der Waals surface area contributed by atoms with Crippen LogP contribution in [-0.4, -0.2) is 18.9 Å². The molecular weight excluding hydrogens is 444 g/mol. The average Bonchev–Trinajstić information content (AvgIpc) is 2.69. The topological polar surface area (TPSA) is 67.4 Å². The minimum atomic E-state index is -0.351. The minimum absolute atomic E-state index is 0.248. The first-order chi connectivity index (χ1) is 13.5. The maximum Gasteiger partial charge on any atom is 0.257 e. The molecule has 3 aromatic rings. The lowest BCUT2D eigenvalue weighted by Crippen LogP contribution is -2.14. The zero-order valence-corrected chi connectivity index (χ0v) is 17.2. The smallest absolute Gasteiger partial charge is 0.257 e. The van der Waals surface area contributed by atoms with Crippen molar-refractivity contribution in [2.45, 2.75) is 0 Å². The van der Waals surface area contributed by atoms with E-state index in [4.69, 9.17) is 16.3 Å². The molecule has 0 atom stereocenters. The fraction of sp³-hybridized carbons (Fsp3) is 0.0476. The van der Waals surface area contributed by atoms with Gasteiger partial charge in [0.1, 0.15) is 5.75 Å². The van der Waals surface area contributed by atoms with E-state index in [9.17, 15) is 9.59 Å². The van der Waals surface area contributed by atoms with Crippen LogP contribution in [0.1, 0.15) is 20.7 Å². The molecule has 0 unspecified atom stereocenters. The average molecular weight is 460 g/mol. The number of carbonyl (C=O) groups is 2. The van der Waals surface area contributed by atoms with Gasteiger partial charge in [-0.15, -0.1) is 0 Å². The highest BCUT2D eigenvalue weighted by Gasteiger charge is 2.14. The molecule has 0 saturated heterocycles. The van der Waals surface area contributed by atoms with E-state index in [1.54, 1.807) is 66.7 Å². The van der Waals surface area contributed by atoms with Crippen molar-refractivity contribution >= 4 is 50.7 Å². The fourth-order valence-corrected chi connectivity index (χ4v) is 3.00. The van der Waals surface area contributed by atoms with Crippen molar-refractivity contribution in [3.05, 3.63) is 87.4 Å². The summed E-state index contributed by atoms with van der Waals surface area (Å²) in [6.45, 7) is 0. The summed E-state index contributed by atoms with van der Waals surface area (Å²) in [5.41, 5.74) is 1.90. The summed E-state index contributed by atoms with van der Waals surface area (Å²) in [6.07, 6.45) is 0. The van der Waals surface area contributed by atoms with Gasteiger partial charge < -0.3 is 15.4 Å². The van der Waals surface area contributed by atoms with Crippen molar-refractivity contribution in [1.29, 1.82) is 0 Å². The molecule has 0 radical (unpaired) electrons. The molecule has 0 bridgehead atoms. The molecular formula is C21H16BrClN2O3. The first-order valence-corrected chi connectivity index (χ1v) is 9.46. The first kappa shape index (κ1) is 19.9. The van der Waals surface area contributed by atoms with Gasteiger partial charge in [-0.25, -0.2) is 0 Å². The molecule has 2 N–H and O–H groups in total. The second-order valence-electron chi connectivity index (χ2n) is 5.81. The molecule has 5 nitrogen and oxygen atoms in total. The Balaban J connectivity index is 1.76. The van der Waals surface area contributed by atoms with Crippen LogP contribution in [0.2, 0.25) is 5.02 Å². The standard InChI is InChI=1S/C21H16BrClN2O3/c1-28-19-12-15(24-20(26)13-6-8-14(22)9-7-13)10-11-18(19)25-21(27)16-4-2-3-5-17(16)23/h2-12H,1H3,(H,24,26)(H,25,27). The molecule has 3 rings (SSSR count). The Bertz CT molecular complexity index is 1020. The fourth-order valence-electron chi connectivity index (χ4n) is 2.51. The molecule has 0 saturated carbocycles. The molecule has 0 fully saturated rings. The third-order valence-corrected chi connectivity index (χ3v) is 4.79. The lowest BCUT2D eigenvalue weighted by molar-refractivity contribution is 0.101. The maximum absolute atomic E-state index is 12.5. The number of ether oxygens (including phenoxy) is 1.